The summed E-state index contributed by atoms with van der Waals surface area (Å²) in [5.41, 5.74) is 21.6. The van der Waals surface area contributed by atoms with Crippen molar-refractivity contribution in [1.82, 2.24) is 0 Å². The molecule has 2 N–H and O–H groups in total. The average Bonchev–Trinajstić information content (AvgIpc) is 3.44. The molecule has 0 unspecified atom stereocenters. The summed E-state index contributed by atoms with van der Waals surface area (Å²) in [5.74, 6) is 0. The number of rotatable bonds is 5. The molecule has 4 heterocycles. The fourth-order valence-electron chi connectivity index (χ4n) is 10.9. The third-order valence-corrected chi connectivity index (χ3v) is 19.4. The van der Waals surface area contributed by atoms with Gasteiger partial charge in [-0.25, -0.2) is 0 Å². The molecule has 0 fully saturated rings. The van der Waals surface area contributed by atoms with Gasteiger partial charge >= 0.3 is 0 Å². The van der Waals surface area contributed by atoms with Crippen molar-refractivity contribution in [2.45, 2.75) is 91.5 Å². The molecule has 0 aliphatic carbocycles. The molecule has 4 aliphatic heterocycles. The normalized spacial score (nSPS) is 13.9. The maximum absolute atomic E-state index is 3.81. The summed E-state index contributed by atoms with van der Waals surface area (Å²) < 4.78 is 0. The van der Waals surface area contributed by atoms with Gasteiger partial charge in [0.15, 0.2) is 0 Å². The van der Waals surface area contributed by atoms with E-state index in [2.05, 4.69) is 268 Å². The highest BCUT2D eigenvalue weighted by molar-refractivity contribution is 8.00. The van der Waals surface area contributed by atoms with Crippen LogP contribution in [0.25, 0.3) is 33.4 Å². The summed E-state index contributed by atoms with van der Waals surface area (Å²) in [6.45, 7) is 13.7. The molecule has 0 radical (unpaired) electrons. The first kappa shape index (κ1) is 47.3. The molecule has 0 saturated heterocycles. The summed E-state index contributed by atoms with van der Waals surface area (Å²) in [7, 11) is 0. The predicted octanol–water partition coefficient (Wildman–Crippen LogP) is 21.6. The summed E-state index contributed by atoms with van der Waals surface area (Å²) in [4.78, 5) is 14.8. The van der Waals surface area contributed by atoms with Crippen molar-refractivity contribution >= 4 is 104 Å². The van der Waals surface area contributed by atoms with Crippen LogP contribution in [0.1, 0.15) is 52.7 Å². The van der Waals surface area contributed by atoms with Crippen molar-refractivity contribution in [2.75, 3.05) is 20.4 Å². The monoisotopic (exact) mass is 1050 g/mol. The second-order valence-electron chi connectivity index (χ2n) is 22.0. The Morgan fingerprint density at radius 1 is 0.303 bits per heavy atom. The predicted molar refractivity (Wildman–Crippen MR) is 325 cm³/mol. The van der Waals surface area contributed by atoms with Crippen molar-refractivity contribution in [3.05, 3.63) is 217 Å². The molecule has 4 nitrogen and oxygen atoms in total. The minimum absolute atomic E-state index is 0.0502. The molecule has 0 amide bonds. The zero-order valence-corrected chi connectivity index (χ0v) is 46.4. The standard InChI is InChI=1S/C68H54N4S4/c1-67(2,3)45-25-29-47(30-26-45)71-53-33-21-41(37-61(53)75-63-39-43(23-35-55(63)71)49-13-11-19-59-65(49)69-51-15-7-9-17-57(51)73-59)42-22-34-54-62(38-42)76-64-40-44(24-36-56(64)72(54)48-31-27-46(28-32-48)68(4,5)6)50-14-12-20-60-66(50)70-52-16-8-10-18-58(52)74-60/h7-40,69-70H,1-6H3. The molecule has 8 heteroatoms. The third kappa shape index (κ3) is 8.29. The molecule has 0 aromatic heterocycles. The van der Waals surface area contributed by atoms with Gasteiger partial charge in [-0.1, -0.05) is 186 Å². The number of hydrogen-bond donors (Lipinski definition) is 2. The summed E-state index contributed by atoms with van der Waals surface area (Å²) >= 11 is 7.41. The largest absolute Gasteiger partial charge is 0.353 e. The number of nitrogens with one attached hydrogen (secondary N) is 2. The van der Waals surface area contributed by atoms with Crippen molar-refractivity contribution < 1.29 is 0 Å². The Labute approximate surface area is 463 Å². The molecule has 0 bridgehead atoms. The van der Waals surface area contributed by atoms with Gasteiger partial charge in [0.05, 0.1) is 45.5 Å². The van der Waals surface area contributed by atoms with E-state index in [1.54, 1.807) is 0 Å². The van der Waals surface area contributed by atoms with Crippen molar-refractivity contribution in [3.63, 3.8) is 0 Å². The fourth-order valence-corrected chi connectivity index (χ4v) is 15.2. The quantitative estimate of drug-likeness (QED) is 0.176. The van der Waals surface area contributed by atoms with E-state index >= 15 is 0 Å². The minimum atomic E-state index is 0.0502. The summed E-state index contributed by atoms with van der Waals surface area (Å²) in [6, 6.07) is 77.1. The Bertz CT molecular complexity index is 3720. The second kappa shape index (κ2) is 18.2. The van der Waals surface area contributed by atoms with E-state index in [9.17, 15) is 0 Å². The zero-order valence-electron chi connectivity index (χ0n) is 43.2. The SMILES string of the molecule is CC(C)(C)c1ccc(N2c3ccc(-c4ccc5c(c4)Sc4cc(-c6cccc7c6Nc6ccccc6S7)ccc4N5c4ccc(C(C)(C)C)cc4)cc3Sc3cc(-c4cccc5c4Nc4ccccc4S5)ccc32)cc1. The van der Waals surface area contributed by atoms with Gasteiger partial charge in [-0.15, -0.1) is 0 Å². The topological polar surface area (TPSA) is 30.5 Å². The number of fused-ring (bicyclic) bond motifs is 8. The van der Waals surface area contributed by atoms with E-state index in [4.69, 9.17) is 0 Å². The van der Waals surface area contributed by atoms with Crippen molar-refractivity contribution in [3.8, 4) is 33.4 Å². The molecule has 0 spiro atoms. The first-order valence-electron chi connectivity index (χ1n) is 26.0. The summed E-state index contributed by atoms with van der Waals surface area (Å²) in [5, 5.41) is 7.61. The van der Waals surface area contributed by atoms with E-state index in [0.717, 1.165) is 34.1 Å². The van der Waals surface area contributed by atoms with Gasteiger partial charge in [-0.05, 0) is 153 Å². The lowest BCUT2D eigenvalue weighted by Gasteiger charge is -2.35. The molecule has 0 saturated carbocycles. The van der Waals surface area contributed by atoms with Crippen LogP contribution in [0, 0.1) is 0 Å². The van der Waals surface area contributed by atoms with E-state index in [-0.39, 0.29) is 10.8 Å². The van der Waals surface area contributed by atoms with Crippen LogP contribution in [0.4, 0.5) is 56.9 Å². The van der Waals surface area contributed by atoms with Crippen LogP contribution in [0.2, 0.25) is 0 Å². The van der Waals surface area contributed by atoms with Crippen LogP contribution in [0.5, 0.6) is 0 Å². The molecule has 14 rings (SSSR count). The molecule has 10 aromatic carbocycles. The maximum Gasteiger partial charge on any atom is 0.0606 e. The smallest absolute Gasteiger partial charge is 0.0606 e. The van der Waals surface area contributed by atoms with Gasteiger partial charge in [-0.2, -0.15) is 0 Å². The molecule has 76 heavy (non-hydrogen) atoms. The third-order valence-electron chi connectivity index (χ3n) is 15.0. The molecule has 0 atom stereocenters. The Morgan fingerprint density at radius 2 is 0.632 bits per heavy atom. The molecule has 370 valence electrons. The number of para-hydroxylation sites is 4. The van der Waals surface area contributed by atoms with Gasteiger partial charge in [0.25, 0.3) is 0 Å². The van der Waals surface area contributed by atoms with Crippen LogP contribution < -0.4 is 20.4 Å². The van der Waals surface area contributed by atoms with Gasteiger partial charge in [-0.3, -0.25) is 0 Å². The zero-order chi connectivity index (χ0) is 51.5. The Hall–Kier alpha value is -7.20. The first-order valence-corrected chi connectivity index (χ1v) is 29.2. The van der Waals surface area contributed by atoms with Crippen LogP contribution in [-0.2, 0) is 10.8 Å². The van der Waals surface area contributed by atoms with E-state index in [1.807, 2.05) is 47.0 Å². The van der Waals surface area contributed by atoms with Crippen LogP contribution in [0.15, 0.2) is 245 Å². The number of hydrogen-bond acceptors (Lipinski definition) is 8. The number of nitrogens with zero attached hydrogens (tertiary/aromatic N) is 2. The van der Waals surface area contributed by atoms with E-state index < -0.39 is 0 Å². The highest BCUT2D eigenvalue weighted by Gasteiger charge is 2.31. The lowest BCUT2D eigenvalue weighted by Crippen LogP contribution is -2.16. The van der Waals surface area contributed by atoms with Gasteiger partial charge in [0, 0.05) is 61.7 Å². The van der Waals surface area contributed by atoms with Crippen LogP contribution in [-0.4, -0.2) is 0 Å². The molecule has 10 aromatic rings. The molecular formula is C68H54N4S4. The molecule has 4 aliphatic rings. The lowest BCUT2D eigenvalue weighted by atomic mass is 9.87. The molecular weight excluding hydrogens is 1000 g/mol. The fraction of sp³-hybridized carbons (Fsp3) is 0.118. The average molecular weight is 1060 g/mol. The number of benzene rings is 10. The van der Waals surface area contributed by atoms with Crippen LogP contribution in [0.3, 0.4) is 0 Å². The van der Waals surface area contributed by atoms with Gasteiger partial charge in [0.2, 0.25) is 0 Å². The highest BCUT2D eigenvalue weighted by Crippen LogP contribution is 2.58. The lowest BCUT2D eigenvalue weighted by molar-refractivity contribution is 0.590. The van der Waals surface area contributed by atoms with E-state index in [1.165, 1.54) is 106 Å². The Kier molecular flexibility index (Phi) is 11.3. The van der Waals surface area contributed by atoms with Crippen LogP contribution >= 0.6 is 47.0 Å². The highest BCUT2D eigenvalue weighted by atomic mass is 32.2. The Morgan fingerprint density at radius 3 is 1.01 bits per heavy atom. The first-order chi connectivity index (χ1) is 36.9. The Balaban J connectivity index is 0.858. The van der Waals surface area contributed by atoms with Crippen molar-refractivity contribution in [1.29, 1.82) is 0 Å². The van der Waals surface area contributed by atoms with Crippen molar-refractivity contribution in [2.24, 2.45) is 0 Å². The van der Waals surface area contributed by atoms with Gasteiger partial charge < -0.3 is 20.4 Å². The van der Waals surface area contributed by atoms with Gasteiger partial charge in [0.1, 0.15) is 0 Å². The second-order valence-corrected chi connectivity index (χ2v) is 26.3. The van der Waals surface area contributed by atoms with E-state index in [0.29, 0.717) is 0 Å². The minimum Gasteiger partial charge on any atom is -0.353 e. The maximum atomic E-state index is 3.81. The summed E-state index contributed by atoms with van der Waals surface area (Å²) in [6.07, 6.45) is 0. The number of anilines is 10.